The smallest absolute Gasteiger partial charge is 1.00 e. The minimum atomic E-state index is -4.15. The van der Waals surface area contributed by atoms with Gasteiger partial charge < -0.3 is 6.41 Å². The summed E-state index contributed by atoms with van der Waals surface area (Å²) in [6, 6.07) is 1.18. The number of hydrogen-bond donors (Lipinski definition) is 2. The Bertz CT molecular complexity index is 338. The van der Waals surface area contributed by atoms with E-state index in [4.69, 9.17) is 16.2 Å². The van der Waals surface area contributed by atoms with E-state index >= 15 is 0 Å². The van der Waals surface area contributed by atoms with Crippen LogP contribution in [0.1, 0.15) is 1.43 Å². The van der Waals surface area contributed by atoms with Crippen molar-refractivity contribution in [3.63, 3.8) is 0 Å². The molecule has 58 valence electrons. The minimum Gasteiger partial charge on any atom is -1.00 e. The van der Waals surface area contributed by atoms with Crippen LogP contribution in [0.4, 0.5) is 0 Å². The number of nitrogens with one attached hydrogen (secondary N) is 1. The molecule has 0 aliphatic carbocycles. The number of H-pyrrole nitrogens is 1. The topological polar surface area (TPSA) is 70.2 Å². The molecule has 1 heterocycles. The van der Waals surface area contributed by atoms with Crippen LogP contribution < -0.4 is 29.6 Å². The van der Waals surface area contributed by atoms with Crippen LogP contribution in [0, 0.1) is 0 Å². The number of aromatic amines is 1. The Balaban J connectivity index is 0. The molecule has 1 rings (SSSR count). The number of rotatable bonds is 1. The Morgan fingerprint density at radius 1 is 1.64 bits per heavy atom. The minimum absolute atomic E-state index is 0. The van der Waals surface area contributed by atoms with Crippen molar-refractivity contribution in [3.8, 4) is 0 Å². The normalized spacial score (nSPS) is 10.7. The number of hydrogen-bond acceptors (Lipinski definition) is 2. The summed E-state index contributed by atoms with van der Waals surface area (Å²) < 4.78 is 29.2. The number of aromatic nitrogens is 1. The van der Waals surface area contributed by atoms with Crippen molar-refractivity contribution in [1.82, 2.24) is 4.98 Å². The van der Waals surface area contributed by atoms with Gasteiger partial charge in [-0.05, 0) is 6.07 Å². The van der Waals surface area contributed by atoms with Crippen molar-refractivity contribution in [2.75, 3.05) is 0 Å². The largest absolute Gasteiger partial charge is 1.00 e. The van der Waals surface area contributed by atoms with Gasteiger partial charge in [0.25, 0.3) is 10.1 Å². The van der Waals surface area contributed by atoms with Crippen molar-refractivity contribution in [2.45, 2.75) is 4.90 Å². The molecule has 0 atom stereocenters. The molecule has 0 aromatic carbocycles. The first kappa shape index (κ1) is 11.5. The second-order valence-corrected chi connectivity index (χ2v) is 3.40. The molecule has 7 heteroatoms. The zero-order valence-corrected chi connectivity index (χ0v) is 9.28. The molecule has 0 spiro atoms. The van der Waals surface area contributed by atoms with Gasteiger partial charge in [-0.25, -0.2) is 0 Å². The third-order valence-electron chi connectivity index (χ3n) is 0.939. The van der Waals surface area contributed by atoms with Crippen LogP contribution in [0.5, 0.6) is 0 Å². The van der Waals surface area contributed by atoms with E-state index in [1.165, 1.54) is 12.3 Å². The van der Waals surface area contributed by atoms with E-state index < -0.39 is 10.1 Å². The van der Waals surface area contributed by atoms with Crippen molar-refractivity contribution < 1.29 is 44.0 Å². The first-order valence-electron chi connectivity index (χ1n) is 2.32. The van der Waals surface area contributed by atoms with Crippen molar-refractivity contribution >= 4 is 21.7 Å². The van der Waals surface area contributed by atoms with Crippen LogP contribution in [-0.2, 0) is 10.1 Å². The third-order valence-corrected chi connectivity index (χ3v) is 2.26. The fourth-order valence-electron chi connectivity index (χ4n) is 0.534. The summed E-state index contributed by atoms with van der Waals surface area (Å²) in [4.78, 5) is 2.10. The van der Waals surface area contributed by atoms with Crippen molar-refractivity contribution in [1.29, 1.82) is 0 Å². The van der Waals surface area contributed by atoms with E-state index in [0.717, 1.165) is 0 Å². The van der Waals surface area contributed by atoms with E-state index in [1.54, 1.807) is 0 Å². The Hall–Kier alpha value is 0.480. The Morgan fingerprint density at radius 3 is 2.36 bits per heavy atom. The standard InChI is InChI=1S/C4H4ClNO3S.Na.H/c5-4-3(1-2-6-4)10(7,8)9;;/h1-2,6H,(H,7,8,9);;/q;+1;-1. The van der Waals surface area contributed by atoms with Crippen LogP contribution in [-0.4, -0.2) is 18.0 Å². The molecule has 4 nitrogen and oxygen atoms in total. The van der Waals surface area contributed by atoms with Gasteiger partial charge >= 0.3 is 29.6 Å². The molecule has 1 aromatic heterocycles. The molecule has 1 aromatic rings. The molecule has 0 saturated heterocycles. The molecule has 0 radical (unpaired) electrons. The molecule has 0 aliphatic rings. The van der Waals surface area contributed by atoms with Gasteiger partial charge in [0.2, 0.25) is 0 Å². The third kappa shape index (κ3) is 2.77. The summed E-state index contributed by atoms with van der Waals surface area (Å²) >= 11 is 5.33. The summed E-state index contributed by atoms with van der Waals surface area (Å²) in [5.74, 6) is 0. The second kappa shape index (κ2) is 3.93. The van der Waals surface area contributed by atoms with E-state index in [0.29, 0.717) is 0 Å². The van der Waals surface area contributed by atoms with Crippen LogP contribution in [0.3, 0.4) is 0 Å². The average Bonchev–Trinajstić information content (AvgIpc) is 2.11. The van der Waals surface area contributed by atoms with Gasteiger partial charge in [-0.3, -0.25) is 4.55 Å². The molecule has 0 aliphatic heterocycles. The predicted molar refractivity (Wildman–Crippen MR) is 36.7 cm³/mol. The molecule has 0 bridgehead atoms. The van der Waals surface area contributed by atoms with Gasteiger partial charge in [0.05, 0.1) is 0 Å². The van der Waals surface area contributed by atoms with Crippen LogP contribution in [0.2, 0.25) is 5.15 Å². The van der Waals surface area contributed by atoms with E-state index in [2.05, 4.69) is 4.98 Å². The summed E-state index contributed by atoms with van der Waals surface area (Å²) in [6.45, 7) is 0. The van der Waals surface area contributed by atoms with Crippen LogP contribution in [0.15, 0.2) is 17.2 Å². The van der Waals surface area contributed by atoms with Gasteiger partial charge in [-0.15, -0.1) is 0 Å². The fourth-order valence-corrected chi connectivity index (χ4v) is 1.48. The Kier molecular flexibility index (Phi) is 4.10. The summed E-state index contributed by atoms with van der Waals surface area (Å²) in [5.41, 5.74) is 0. The summed E-state index contributed by atoms with van der Waals surface area (Å²) in [5, 5.41) is -0.0810. The average molecular weight is 206 g/mol. The van der Waals surface area contributed by atoms with Gasteiger partial charge in [-0.2, -0.15) is 8.42 Å². The second-order valence-electron chi connectivity index (χ2n) is 1.63. The molecule has 0 unspecified atom stereocenters. The van der Waals surface area contributed by atoms with E-state index in [9.17, 15) is 8.42 Å². The Morgan fingerprint density at radius 2 is 2.18 bits per heavy atom. The van der Waals surface area contributed by atoms with Gasteiger partial charge in [0, 0.05) is 6.20 Å². The fraction of sp³-hybridized carbons (Fsp3) is 0. The molecular formula is C4H5ClNNaO3S. The molecule has 2 N–H and O–H groups in total. The maximum Gasteiger partial charge on any atom is 1.00 e. The maximum absolute atomic E-state index is 10.4. The van der Waals surface area contributed by atoms with Crippen molar-refractivity contribution in [2.24, 2.45) is 0 Å². The molecule has 0 saturated carbocycles. The van der Waals surface area contributed by atoms with Gasteiger partial charge in [-0.1, -0.05) is 11.6 Å². The van der Waals surface area contributed by atoms with E-state index in [-0.39, 0.29) is 41.0 Å². The number of halogens is 1. The van der Waals surface area contributed by atoms with Gasteiger partial charge in [0.15, 0.2) is 0 Å². The molecule has 0 amide bonds. The zero-order valence-electron chi connectivity index (χ0n) is 6.70. The maximum atomic E-state index is 10.4. The predicted octanol–water partition coefficient (Wildman–Crippen LogP) is -1.97. The molecular weight excluding hydrogens is 201 g/mol. The van der Waals surface area contributed by atoms with Crippen LogP contribution >= 0.6 is 11.6 Å². The monoisotopic (exact) mass is 205 g/mol. The molecule has 0 fully saturated rings. The summed E-state index contributed by atoms with van der Waals surface area (Å²) in [6.07, 6.45) is 1.32. The van der Waals surface area contributed by atoms with Gasteiger partial charge in [0.1, 0.15) is 10.0 Å². The van der Waals surface area contributed by atoms with E-state index in [1.807, 2.05) is 0 Å². The first-order chi connectivity index (χ1) is 4.52. The quantitative estimate of drug-likeness (QED) is 0.413. The SMILES string of the molecule is O=S(=O)(O)c1cc[nH]c1Cl.[H-].[Na+]. The molecule has 11 heavy (non-hydrogen) atoms. The zero-order chi connectivity index (χ0) is 7.78. The van der Waals surface area contributed by atoms with Crippen molar-refractivity contribution in [3.05, 3.63) is 17.4 Å². The first-order valence-corrected chi connectivity index (χ1v) is 4.14. The van der Waals surface area contributed by atoms with Crippen LogP contribution in [0.25, 0.3) is 0 Å². The Labute approximate surface area is 92.5 Å². The summed E-state index contributed by atoms with van der Waals surface area (Å²) in [7, 11) is -4.15.